The monoisotopic (exact) mass is 212 g/mol. The molecule has 86 valence electrons. The van der Waals surface area contributed by atoms with Crippen molar-refractivity contribution in [2.24, 2.45) is 0 Å². The van der Waals surface area contributed by atoms with Crippen LogP contribution < -0.4 is 0 Å². The molecule has 0 spiro atoms. The number of nitrogens with zero attached hydrogens (tertiary/aromatic N) is 2. The Hall–Kier alpha value is -0.630. The van der Waals surface area contributed by atoms with Crippen LogP contribution in [0.4, 0.5) is 0 Å². The zero-order chi connectivity index (χ0) is 11.3. The van der Waals surface area contributed by atoms with E-state index in [0.29, 0.717) is 19.7 Å². The summed E-state index contributed by atoms with van der Waals surface area (Å²) >= 11 is 0. The van der Waals surface area contributed by atoms with Crippen LogP contribution in [-0.4, -0.2) is 48.0 Å². The minimum atomic E-state index is -0.614. The Morgan fingerprint density at radius 3 is 2.73 bits per heavy atom. The van der Waals surface area contributed by atoms with Gasteiger partial charge in [-0.3, -0.25) is 4.90 Å². The lowest BCUT2D eigenvalue weighted by molar-refractivity contribution is -0.0514. The van der Waals surface area contributed by atoms with Gasteiger partial charge in [0.1, 0.15) is 0 Å². The van der Waals surface area contributed by atoms with Gasteiger partial charge in [0.25, 0.3) is 0 Å². The summed E-state index contributed by atoms with van der Waals surface area (Å²) in [5.41, 5.74) is -0.614. The molecule has 0 aliphatic carbocycles. The predicted octanol–water partition coefficient (Wildman–Crippen LogP) is 0.762. The van der Waals surface area contributed by atoms with Gasteiger partial charge >= 0.3 is 0 Å². The lowest BCUT2D eigenvalue weighted by Gasteiger charge is -2.36. The van der Waals surface area contributed by atoms with Crippen LogP contribution >= 0.6 is 0 Å². The van der Waals surface area contributed by atoms with Crippen molar-refractivity contribution in [3.8, 4) is 6.07 Å². The summed E-state index contributed by atoms with van der Waals surface area (Å²) in [6.45, 7) is 6.63. The molecule has 4 heteroatoms. The highest BCUT2D eigenvalue weighted by Crippen LogP contribution is 2.18. The number of aliphatic hydroxyl groups is 1. The Morgan fingerprint density at radius 1 is 1.53 bits per heavy atom. The van der Waals surface area contributed by atoms with E-state index in [1.54, 1.807) is 0 Å². The van der Waals surface area contributed by atoms with Gasteiger partial charge in [0.05, 0.1) is 18.3 Å². The molecule has 1 saturated heterocycles. The highest BCUT2D eigenvalue weighted by Gasteiger charge is 2.28. The fourth-order valence-corrected chi connectivity index (χ4v) is 1.81. The van der Waals surface area contributed by atoms with Gasteiger partial charge in [0, 0.05) is 19.6 Å². The SMILES string of the molecule is CCC(O)(CC)CN1CCOC(C#N)C1. The van der Waals surface area contributed by atoms with Gasteiger partial charge in [0.2, 0.25) is 0 Å². The molecule has 1 heterocycles. The summed E-state index contributed by atoms with van der Waals surface area (Å²) in [7, 11) is 0. The topological polar surface area (TPSA) is 56.5 Å². The summed E-state index contributed by atoms with van der Waals surface area (Å²) in [4.78, 5) is 2.12. The molecule has 1 aliphatic rings. The normalized spacial score (nSPS) is 23.7. The van der Waals surface area contributed by atoms with E-state index < -0.39 is 5.60 Å². The molecule has 1 rings (SSSR count). The van der Waals surface area contributed by atoms with Crippen LogP contribution in [0.15, 0.2) is 0 Å². The van der Waals surface area contributed by atoms with Crippen LogP contribution in [0.3, 0.4) is 0 Å². The van der Waals surface area contributed by atoms with E-state index in [2.05, 4.69) is 11.0 Å². The van der Waals surface area contributed by atoms with Gasteiger partial charge in [-0.1, -0.05) is 13.8 Å². The number of morpholine rings is 1. The molecule has 1 atom stereocenters. The van der Waals surface area contributed by atoms with Gasteiger partial charge in [-0.05, 0) is 12.8 Å². The largest absolute Gasteiger partial charge is 0.389 e. The van der Waals surface area contributed by atoms with E-state index in [4.69, 9.17) is 10.00 Å². The molecule has 0 aromatic carbocycles. The van der Waals surface area contributed by atoms with Crippen molar-refractivity contribution in [2.75, 3.05) is 26.2 Å². The van der Waals surface area contributed by atoms with Crippen molar-refractivity contribution in [2.45, 2.75) is 38.4 Å². The molecule has 0 radical (unpaired) electrons. The summed E-state index contributed by atoms with van der Waals surface area (Å²) in [6, 6.07) is 2.11. The Morgan fingerprint density at radius 2 is 2.20 bits per heavy atom. The molecule has 1 fully saturated rings. The number of ether oxygens (including phenoxy) is 1. The molecule has 0 aromatic rings. The second-order valence-electron chi connectivity index (χ2n) is 4.16. The number of β-amino-alcohol motifs (C(OH)–C–C–N with tert-alkyl or cyclic N) is 1. The lowest BCUT2D eigenvalue weighted by atomic mass is 9.96. The molecular weight excluding hydrogens is 192 g/mol. The summed E-state index contributed by atoms with van der Waals surface area (Å²) < 4.78 is 5.25. The van der Waals surface area contributed by atoms with Crippen LogP contribution in [0, 0.1) is 11.3 Å². The molecular formula is C11H20N2O2. The first-order valence-corrected chi connectivity index (χ1v) is 5.59. The third-order valence-corrected chi connectivity index (χ3v) is 3.13. The molecule has 0 amide bonds. The van der Waals surface area contributed by atoms with Crippen molar-refractivity contribution in [1.29, 1.82) is 5.26 Å². The maximum atomic E-state index is 10.2. The van der Waals surface area contributed by atoms with Crippen molar-refractivity contribution in [1.82, 2.24) is 4.90 Å². The minimum absolute atomic E-state index is 0.336. The van der Waals surface area contributed by atoms with E-state index in [1.807, 2.05) is 13.8 Å². The number of rotatable bonds is 4. The quantitative estimate of drug-likeness (QED) is 0.747. The molecule has 0 saturated carbocycles. The third kappa shape index (κ3) is 3.45. The second kappa shape index (κ2) is 5.45. The fraction of sp³-hybridized carbons (Fsp3) is 0.909. The molecule has 15 heavy (non-hydrogen) atoms. The molecule has 1 unspecified atom stereocenters. The van der Waals surface area contributed by atoms with Crippen LogP contribution in [-0.2, 0) is 4.74 Å². The first-order chi connectivity index (χ1) is 7.13. The zero-order valence-electron chi connectivity index (χ0n) is 9.57. The van der Waals surface area contributed by atoms with Crippen LogP contribution in [0.2, 0.25) is 0 Å². The molecule has 0 aromatic heterocycles. The van der Waals surface area contributed by atoms with Crippen molar-refractivity contribution in [3.05, 3.63) is 0 Å². The maximum Gasteiger partial charge on any atom is 0.156 e. The zero-order valence-corrected chi connectivity index (χ0v) is 9.57. The van der Waals surface area contributed by atoms with E-state index in [9.17, 15) is 5.11 Å². The first kappa shape index (κ1) is 12.4. The lowest BCUT2D eigenvalue weighted by Crippen LogP contribution is -2.49. The average Bonchev–Trinajstić information content (AvgIpc) is 2.29. The highest BCUT2D eigenvalue weighted by atomic mass is 16.5. The van der Waals surface area contributed by atoms with E-state index in [1.165, 1.54) is 0 Å². The summed E-state index contributed by atoms with van der Waals surface area (Å²) in [5.74, 6) is 0. The van der Waals surface area contributed by atoms with Crippen LogP contribution in [0.5, 0.6) is 0 Å². The number of nitriles is 1. The Labute approximate surface area is 91.4 Å². The summed E-state index contributed by atoms with van der Waals surface area (Å²) in [6.07, 6.45) is 1.16. The van der Waals surface area contributed by atoms with Crippen molar-refractivity contribution >= 4 is 0 Å². The van der Waals surface area contributed by atoms with E-state index in [0.717, 1.165) is 19.4 Å². The van der Waals surface area contributed by atoms with Gasteiger partial charge in [-0.15, -0.1) is 0 Å². The van der Waals surface area contributed by atoms with E-state index >= 15 is 0 Å². The van der Waals surface area contributed by atoms with Crippen molar-refractivity contribution in [3.63, 3.8) is 0 Å². The van der Waals surface area contributed by atoms with Gasteiger partial charge < -0.3 is 9.84 Å². The Kier molecular flexibility index (Phi) is 4.52. The van der Waals surface area contributed by atoms with E-state index in [-0.39, 0.29) is 6.10 Å². The van der Waals surface area contributed by atoms with Gasteiger partial charge in [0.15, 0.2) is 6.10 Å². The second-order valence-corrected chi connectivity index (χ2v) is 4.16. The maximum absolute atomic E-state index is 10.2. The van der Waals surface area contributed by atoms with Gasteiger partial charge in [-0.2, -0.15) is 5.26 Å². The molecule has 1 aliphatic heterocycles. The molecule has 4 nitrogen and oxygen atoms in total. The van der Waals surface area contributed by atoms with Gasteiger partial charge in [-0.25, -0.2) is 0 Å². The number of hydrogen-bond acceptors (Lipinski definition) is 4. The van der Waals surface area contributed by atoms with Crippen molar-refractivity contribution < 1.29 is 9.84 Å². The minimum Gasteiger partial charge on any atom is -0.389 e. The summed E-state index contributed by atoms with van der Waals surface area (Å²) in [5, 5.41) is 18.9. The molecule has 0 bridgehead atoms. The number of hydrogen-bond donors (Lipinski definition) is 1. The third-order valence-electron chi connectivity index (χ3n) is 3.13. The fourth-order valence-electron chi connectivity index (χ4n) is 1.81. The predicted molar refractivity (Wildman–Crippen MR) is 57.3 cm³/mol. The molecule has 1 N–H and O–H groups in total. The highest BCUT2D eigenvalue weighted by molar-refractivity contribution is 4.91. The Balaban J connectivity index is 2.47. The standard InChI is InChI=1S/C11H20N2O2/c1-3-11(14,4-2)9-13-5-6-15-10(7-12)8-13/h10,14H,3-6,8-9H2,1-2H3. The average molecular weight is 212 g/mol. The smallest absolute Gasteiger partial charge is 0.156 e. The first-order valence-electron chi connectivity index (χ1n) is 5.59. The Bertz CT molecular complexity index is 233. The van der Waals surface area contributed by atoms with Crippen LogP contribution in [0.25, 0.3) is 0 Å². The van der Waals surface area contributed by atoms with Crippen LogP contribution in [0.1, 0.15) is 26.7 Å².